The van der Waals surface area contributed by atoms with Crippen LogP contribution in [0.4, 0.5) is 14.6 Å². The number of pyridine rings is 1. The zero-order valence-electron chi connectivity index (χ0n) is 17.8. The molecule has 2 heterocycles. The van der Waals surface area contributed by atoms with Crippen molar-refractivity contribution in [1.82, 2.24) is 9.36 Å². The van der Waals surface area contributed by atoms with Crippen LogP contribution in [0, 0.1) is 11.6 Å². The number of nitrogens with zero attached hydrogens (tertiary/aromatic N) is 2. The SMILES string of the molecule is COc1cc(-c2cc(F)cc(F)c2)ccc1-c1nccc2cc(S(=O)Nc3ccsn3)ccc12. The minimum absolute atomic E-state index is 0.410. The zero-order valence-corrected chi connectivity index (χ0v) is 19.4. The summed E-state index contributed by atoms with van der Waals surface area (Å²) in [6.07, 6.45) is 1.67. The highest BCUT2D eigenvalue weighted by Gasteiger charge is 2.15. The molecule has 0 spiro atoms. The Labute approximate surface area is 200 Å². The average Bonchev–Trinajstić information content (AvgIpc) is 3.35. The van der Waals surface area contributed by atoms with E-state index in [1.54, 1.807) is 35.8 Å². The van der Waals surface area contributed by atoms with E-state index in [0.29, 0.717) is 33.3 Å². The first-order chi connectivity index (χ1) is 16.5. The normalized spacial score (nSPS) is 12.0. The standard InChI is InChI=1S/C25H17F2N3O2S2/c1-32-23-13-15(17-10-18(26)14-19(27)11-17)2-4-22(23)25-21-5-3-20(12-16(21)6-8-28-25)34(31)30-24-7-9-33-29-24/h2-14H,1H3,(H,29,30). The minimum Gasteiger partial charge on any atom is -0.496 e. The molecule has 1 N–H and O–H groups in total. The number of rotatable bonds is 6. The maximum Gasteiger partial charge on any atom is 0.151 e. The third-order valence-electron chi connectivity index (χ3n) is 5.24. The molecule has 34 heavy (non-hydrogen) atoms. The van der Waals surface area contributed by atoms with Crippen molar-refractivity contribution in [1.29, 1.82) is 0 Å². The molecule has 0 radical (unpaired) electrons. The number of fused-ring (bicyclic) bond motifs is 1. The summed E-state index contributed by atoms with van der Waals surface area (Å²) in [6.45, 7) is 0. The zero-order chi connectivity index (χ0) is 23.7. The van der Waals surface area contributed by atoms with Gasteiger partial charge in [0.2, 0.25) is 0 Å². The molecule has 0 saturated carbocycles. The Morgan fingerprint density at radius 3 is 2.50 bits per heavy atom. The summed E-state index contributed by atoms with van der Waals surface area (Å²) in [5, 5.41) is 3.51. The van der Waals surface area contributed by atoms with Crippen LogP contribution in [-0.4, -0.2) is 20.7 Å². The van der Waals surface area contributed by atoms with Crippen molar-refractivity contribution in [3.05, 3.63) is 89.9 Å². The molecular formula is C25H17F2N3O2S2. The van der Waals surface area contributed by atoms with Crippen LogP contribution in [0.2, 0.25) is 0 Å². The van der Waals surface area contributed by atoms with Gasteiger partial charge in [0.25, 0.3) is 0 Å². The van der Waals surface area contributed by atoms with Gasteiger partial charge >= 0.3 is 0 Å². The number of hydrogen-bond acceptors (Lipinski definition) is 5. The Balaban J connectivity index is 1.54. The second-order valence-electron chi connectivity index (χ2n) is 7.37. The van der Waals surface area contributed by atoms with Crippen LogP contribution in [0.15, 0.2) is 83.2 Å². The summed E-state index contributed by atoms with van der Waals surface area (Å²) in [5.74, 6) is -0.223. The van der Waals surface area contributed by atoms with Crippen LogP contribution in [0.3, 0.4) is 0 Å². The van der Waals surface area contributed by atoms with E-state index >= 15 is 0 Å². The van der Waals surface area contributed by atoms with Crippen LogP contribution in [0.25, 0.3) is 33.2 Å². The quantitative estimate of drug-likeness (QED) is 0.295. The summed E-state index contributed by atoms with van der Waals surface area (Å²) in [6, 6.07) is 17.8. The summed E-state index contributed by atoms with van der Waals surface area (Å²) < 4.78 is 52.7. The molecule has 5 rings (SSSR count). The average molecular weight is 494 g/mol. The lowest BCUT2D eigenvalue weighted by Crippen LogP contribution is -2.04. The van der Waals surface area contributed by atoms with Crippen molar-refractivity contribution in [2.45, 2.75) is 4.90 Å². The van der Waals surface area contributed by atoms with Crippen LogP contribution in [0.5, 0.6) is 5.75 Å². The molecule has 5 nitrogen and oxygen atoms in total. The van der Waals surface area contributed by atoms with Gasteiger partial charge in [-0.25, -0.2) is 13.0 Å². The lowest BCUT2D eigenvalue weighted by atomic mass is 9.99. The fourth-order valence-corrected chi connectivity index (χ4v) is 5.07. The maximum atomic E-state index is 13.7. The predicted octanol–water partition coefficient (Wildman–Crippen LogP) is 6.45. The van der Waals surface area contributed by atoms with Crippen molar-refractivity contribution in [3.8, 4) is 28.1 Å². The Bertz CT molecular complexity index is 1500. The molecular weight excluding hydrogens is 476 g/mol. The molecule has 3 aromatic carbocycles. The molecule has 0 saturated heterocycles. The molecule has 0 aliphatic carbocycles. The number of aromatic nitrogens is 2. The van der Waals surface area contributed by atoms with E-state index in [1.807, 2.05) is 24.3 Å². The van der Waals surface area contributed by atoms with E-state index in [0.717, 1.165) is 22.4 Å². The molecule has 9 heteroatoms. The summed E-state index contributed by atoms with van der Waals surface area (Å²) in [5.41, 5.74) is 2.43. The molecule has 5 aromatic rings. The van der Waals surface area contributed by atoms with Gasteiger partial charge in [-0.2, -0.15) is 4.37 Å². The third-order valence-corrected chi connectivity index (χ3v) is 6.87. The molecule has 0 fully saturated rings. The number of anilines is 1. The van der Waals surface area contributed by atoms with E-state index in [4.69, 9.17) is 4.74 Å². The van der Waals surface area contributed by atoms with Gasteiger partial charge in [0.05, 0.1) is 17.7 Å². The van der Waals surface area contributed by atoms with E-state index in [9.17, 15) is 13.0 Å². The molecule has 0 aliphatic heterocycles. The molecule has 170 valence electrons. The molecule has 1 unspecified atom stereocenters. The fourth-order valence-electron chi connectivity index (χ4n) is 3.69. The van der Waals surface area contributed by atoms with Gasteiger partial charge in [-0.3, -0.25) is 9.71 Å². The van der Waals surface area contributed by atoms with Crippen LogP contribution in [0.1, 0.15) is 0 Å². The lowest BCUT2D eigenvalue weighted by molar-refractivity contribution is 0.416. The smallest absolute Gasteiger partial charge is 0.151 e. The van der Waals surface area contributed by atoms with E-state index in [2.05, 4.69) is 14.1 Å². The first-order valence-electron chi connectivity index (χ1n) is 10.1. The Morgan fingerprint density at radius 2 is 1.76 bits per heavy atom. The lowest BCUT2D eigenvalue weighted by Gasteiger charge is -2.13. The summed E-state index contributed by atoms with van der Waals surface area (Å²) in [7, 11) is 0.0667. The second kappa shape index (κ2) is 9.28. The first kappa shape index (κ1) is 22.1. The number of ether oxygens (including phenoxy) is 1. The van der Waals surface area contributed by atoms with Gasteiger partial charge in [0.15, 0.2) is 16.8 Å². The maximum absolute atomic E-state index is 13.7. The van der Waals surface area contributed by atoms with Gasteiger partial charge in [0.1, 0.15) is 17.4 Å². The monoisotopic (exact) mass is 493 g/mol. The van der Waals surface area contributed by atoms with E-state index < -0.39 is 22.6 Å². The van der Waals surface area contributed by atoms with Gasteiger partial charge in [-0.1, -0.05) is 12.1 Å². The summed E-state index contributed by atoms with van der Waals surface area (Å²) >= 11 is 1.28. The first-order valence-corrected chi connectivity index (χ1v) is 12.1. The minimum atomic E-state index is -1.47. The predicted molar refractivity (Wildman–Crippen MR) is 131 cm³/mol. The van der Waals surface area contributed by atoms with Gasteiger partial charge in [-0.15, -0.1) is 0 Å². The number of hydrogen-bond donors (Lipinski definition) is 1. The van der Waals surface area contributed by atoms with E-state index in [1.165, 1.54) is 30.8 Å². The Hall–Kier alpha value is -3.69. The van der Waals surface area contributed by atoms with Crippen LogP contribution < -0.4 is 9.46 Å². The number of benzene rings is 3. The highest BCUT2D eigenvalue weighted by Crippen LogP contribution is 2.37. The molecule has 0 aliphatic rings. The van der Waals surface area contributed by atoms with Crippen molar-refractivity contribution >= 4 is 39.1 Å². The fraction of sp³-hybridized carbons (Fsp3) is 0.0400. The van der Waals surface area contributed by atoms with Crippen molar-refractivity contribution in [2.24, 2.45) is 0 Å². The molecule has 1 atom stereocenters. The number of nitrogens with one attached hydrogen (secondary N) is 1. The molecule has 2 aromatic heterocycles. The number of methoxy groups -OCH3 is 1. The largest absolute Gasteiger partial charge is 0.496 e. The van der Waals surface area contributed by atoms with Crippen molar-refractivity contribution in [3.63, 3.8) is 0 Å². The Morgan fingerprint density at radius 1 is 0.941 bits per heavy atom. The van der Waals surface area contributed by atoms with Crippen LogP contribution >= 0.6 is 11.5 Å². The van der Waals surface area contributed by atoms with Crippen molar-refractivity contribution < 1.29 is 17.7 Å². The summed E-state index contributed by atoms with van der Waals surface area (Å²) in [4.78, 5) is 5.16. The number of halogens is 2. The topological polar surface area (TPSA) is 64.1 Å². The Kier molecular flexibility index (Phi) is 6.04. The van der Waals surface area contributed by atoms with Gasteiger partial charge in [0, 0.05) is 28.6 Å². The van der Waals surface area contributed by atoms with Gasteiger partial charge in [-0.05, 0) is 76.6 Å². The van der Waals surface area contributed by atoms with Crippen molar-refractivity contribution in [2.75, 3.05) is 11.8 Å². The highest BCUT2D eigenvalue weighted by atomic mass is 32.2. The van der Waals surface area contributed by atoms with E-state index in [-0.39, 0.29) is 0 Å². The molecule has 0 amide bonds. The third kappa shape index (κ3) is 4.40. The highest BCUT2D eigenvalue weighted by molar-refractivity contribution is 7.86. The van der Waals surface area contributed by atoms with Gasteiger partial charge < -0.3 is 4.74 Å². The second-order valence-corrected chi connectivity index (χ2v) is 9.25. The molecule has 0 bridgehead atoms. The van der Waals surface area contributed by atoms with Crippen LogP contribution in [-0.2, 0) is 11.0 Å².